The third kappa shape index (κ3) is 3.80. The zero-order valence-electron chi connectivity index (χ0n) is 12.5. The number of aromatic amines is 1. The van der Waals surface area contributed by atoms with Crippen molar-refractivity contribution in [2.24, 2.45) is 0 Å². The van der Waals surface area contributed by atoms with Crippen LogP contribution in [-0.2, 0) is 24.1 Å². The Labute approximate surface area is 130 Å². The van der Waals surface area contributed by atoms with Gasteiger partial charge in [0.1, 0.15) is 11.1 Å². The fraction of sp³-hybridized carbons (Fsp3) is 0.308. The fourth-order valence-corrected chi connectivity index (χ4v) is 1.69. The number of ether oxygens (including phenoxy) is 1. The monoisotopic (exact) mass is 321 g/mol. The molecule has 0 amide bonds. The van der Waals surface area contributed by atoms with Crippen LogP contribution in [0.25, 0.3) is 16.7 Å². The molecule has 0 fully saturated rings. The van der Waals surface area contributed by atoms with Crippen molar-refractivity contribution in [3.05, 3.63) is 18.2 Å². The van der Waals surface area contributed by atoms with Gasteiger partial charge in [-0.2, -0.15) is 4.89 Å². The molecule has 0 saturated carbocycles. The Morgan fingerprint density at radius 1 is 1.39 bits per heavy atom. The van der Waals surface area contributed by atoms with Gasteiger partial charge in [-0.25, -0.2) is 24.5 Å². The Morgan fingerprint density at radius 3 is 2.87 bits per heavy atom. The molecule has 10 nitrogen and oxygen atoms in total. The molecule has 2 heterocycles. The lowest BCUT2D eigenvalue weighted by Crippen LogP contribution is -2.14. The number of carbonyl (C=O) groups excluding carboxylic acids is 2. The van der Waals surface area contributed by atoms with Crippen molar-refractivity contribution in [3.63, 3.8) is 0 Å². The van der Waals surface area contributed by atoms with Gasteiger partial charge in [0.15, 0.2) is 17.3 Å². The molecule has 0 atom stereocenters. The highest BCUT2D eigenvalue weighted by atomic mass is 17.2. The third-order valence-corrected chi connectivity index (χ3v) is 2.64. The quantitative estimate of drug-likeness (QED) is 0.334. The minimum Gasteiger partial charge on any atom is -0.462 e. The van der Waals surface area contributed by atoms with Crippen molar-refractivity contribution in [2.75, 3.05) is 19.5 Å². The van der Waals surface area contributed by atoms with Crippen molar-refractivity contribution >= 4 is 34.5 Å². The van der Waals surface area contributed by atoms with E-state index in [2.05, 4.69) is 29.7 Å². The summed E-state index contributed by atoms with van der Waals surface area (Å²) in [4.78, 5) is 47.1. The first-order chi connectivity index (χ1) is 11.1. The van der Waals surface area contributed by atoms with E-state index in [1.807, 2.05) is 6.92 Å². The molecule has 10 heteroatoms. The number of nitrogens with zero attached hydrogens (tertiary/aromatic N) is 3. The lowest BCUT2D eigenvalue weighted by molar-refractivity contribution is -0.249. The van der Waals surface area contributed by atoms with E-state index in [0.717, 1.165) is 13.2 Å². The first-order valence-electron chi connectivity index (χ1n) is 6.67. The van der Waals surface area contributed by atoms with Crippen LogP contribution in [0.15, 0.2) is 12.4 Å². The second-order valence-electron chi connectivity index (χ2n) is 4.30. The number of nitrogens with two attached hydrogens (primary N) is 1. The molecule has 0 unspecified atom stereocenters. The van der Waals surface area contributed by atoms with Gasteiger partial charge in [-0.05, 0) is 6.42 Å². The van der Waals surface area contributed by atoms with Crippen molar-refractivity contribution in [1.82, 2.24) is 19.9 Å². The van der Waals surface area contributed by atoms with Gasteiger partial charge >= 0.3 is 11.9 Å². The Morgan fingerprint density at radius 2 is 2.17 bits per heavy atom. The molecular weight excluding hydrogens is 306 g/mol. The van der Waals surface area contributed by atoms with E-state index >= 15 is 0 Å². The van der Waals surface area contributed by atoms with Crippen molar-refractivity contribution in [2.45, 2.75) is 13.3 Å². The van der Waals surface area contributed by atoms with Crippen LogP contribution in [0.2, 0.25) is 0 Å². The Bertz CT molecular complexity index is 754. The summed E-state index contributed by atoms with van der Waals surface area (Å²) in [7, 11) is 1.16. The summed E-state index contributed by atoms with van der Waals surface area (Å²) in [5, 5.41) is 0. The minimum absolute atomic E-state index is 0.0804. The summed E-state index contributed by atoms with van der Waals surface area (Å²) < 4.78 is 5.02. The molecule has 0 radical (unpaired) electrons. The molecular formula is C13H15N5O5. The van der Waals surface area contributed by atoms with Gasteiger partial charge in [0.25, 0.3) is 0 Å². The summed E-state index contributed by atoms with van der Waals surface area (Å²) in [6.07, 6.45) is 2.87. The first-order valence-corrected chi connectivity index (χ1v) is 6.67. The van der Waals surface area contributed by atoms with Crippen LogP contribution in [-0.4, -0.2) is 45.6 Å². The lowest BCUT2D eigenvalue weighted by Gasteiger charge is -2.07. The molecule has 2 aromatic heterocycles. The van der Waals surface area contributed by atoms with Gasteiger partial charge in [-0.1, -0.05) is 6.92 Å². The summed E-state index contributed by atoms with van der Waals surface area (Å²) in [5.74, 6) is -1.72. The second-order valence-corrected chi connectivity index (χ2v) is 4.30. The molecule has 0 aliphatic carbocycles. The van der Waals surface area contributed by atoms with Gasteiger partial charge in [0, 0.05) is 6.08 Å². The zero-order chi connectivity index (χ0) is 16.8. The highest BCUT2D eigenvalue weighted by molar-refractivity contribution is 6.19. The van der Waals surface area contributed by atoms with Crippen LogP contribution in [0, 0.1) is 0 Å². The number of H-pyrrole nitrogens is 1. The van der Waals surface area contributed by atoms with Gasteiger partial charge in [-0.3, -0.25) is 4.89 Å². The van der Waals surface area contributed by atoms with Crippen molar-refractivity contribution < 1.29 is 24.1 Å². The van der Waals surface area contributed by atoms with Crippen LogP contribution < -0.4 is 5.73 Å². The van der Waals surface area contributed by atoms with E-state index in [1.165, 1.54) is 6.33 Å². The highest BCUT2D eigenvalue weighted by Gasteiger charge is 2.21. The SMILES string of the molecule is CCCOC(=O)/C(=C/C(=O)OOC)c1nc(N)c2[nH]cnc2n1. The van der Waals surface area contributed by atoms with Gasteiger partial charge in [-0.15, -0.1) is 0 Å². The zero-order valence-corrected chi connectivity index (χ0v) is 12.5. The predicted octanol–water partition coefficient (Wildman–Crippen LogP) is 0.376. The number of rotatable bonds is 6. The average molecular weight is 321 g/mol. The summed E-state index contributed by atoms with van der Waals surface area (Å²) >= 11 is 0. The molecule has 0 saturated heterocycles. The van der Waals surface area contributed by atoms with E-state index in [4.69, 9.17) is 10.5 Å². The standard InChI is InChI=1S/C13H15N5O5/c1-3-4-22-13(20)7(5-8(19)23-21-2)11-17-10(14)9-12(18-11)16-6-15-9/h5-6H,3-4H2,1-2H3,(H3,14,15,16,17,18)/b7-5+. The molecule has 0 aromatic carbocycles. The Kier molecular flexibility index (Phi) is 5.20. The maximum Gasteiger partial charge on any atom is 0.366 e. The fourth-order valence-electron chi connectivity index (χ4n) is 1.69. The number of aromatic nitrogens is 4. The van der Waals surface area contributed by atoms with Gasteiger partial charge in [0.05, 0.1) is 20.0 Å². The number of fused-ring (bicyclic) bond motifs is 1. The maximum absolute atomic E-state index is 12.1. The summed E-state index contributed by atoms with van der Waals surface area (Å²) in [5.41, 5.74) is 6.25. The van der Waals surface area contributed by atoms with Crippen LogP contribution in [0.5, 0.6) is 0 Å². The maximum atomic E-state index is 12.1. The van der Waals surface area contributed by atoms with Crippen molar-refractivity contribution in [3.8, 4) is 0 Å². The molecule has 3 N–H and O–H groups in total. The Balaban J connectivity index is 2.45. The van der Waals surface area contributed by atoms with Crippen LogP contribution in [0.4, 0.5) is 5.82 Å². The van der Waals surface area contributed by atoms with E-state index in [-0.39, 0.29) is 29.5 Å². The number of esters is 1. The van der Waals surface area contributed by atoms with E-state index in [1.54, 1.807) is 0 Å². The summed E-state index contributed by atoms with van der Waals surface area (Å²) in [6, 6.07) is 0. The number of hydrogen-bond acceptors (Lipinski definition) is 9. The van der Waals surface area contributed by atoms with E-state index < -0.39 is 11.9 Å². The number of carbonyl (C=O) groups is 2. The van der Waals surface area contributed by atoms with Crippen molar-refractivity contribution in [1.29, 1.82) is 0 Å². The molecule has 0 aliphatic heterocycles. The topological polar surface area (TPSA) is 142 Å². The molecule has 0 aliphatic rings. The van der Waals surface area contributed by atoms with E-state index in [9.17, 15) is 9.59 Å². The highest BCUT2D eigenvalue weighted by Crippen LogP contribution is 2.19. The third-order valence-electron chi connectivity index (χ3n) is 2.64. The summed E-state index contributed by atoms with van der Waals surface area (Å²) in [6.45, 7) is 2.01. The molecule has 2 rings (SSSR count). The number of imidazole rings is 1. The van der Waals surface area contributed by atoms with Gasteiger partial charge in [0.2, 0.25) is 0 Å². The van der Waals surface area contributed by atoms with Gasteiger partial charge < -0.3 is 15.5 Å². The average Bonchev–Trinajstić information content (AvgIpc) is 2.99. The number of anilines is 1. The second kappa shape index (κ2) is 7.31. The Hall–Kier alpha value is -3.01. The largest absolute Gasteiger partial charge is 0.462 e. The predicted molar refractivity (Wildman–Crippen MR) is 78.4 cm³/mol. The molecule has 23 heavy (non-hydrogen) atoms. The lowest BCUT2D eigenvalue weighted by atomic mass is 10.2. The van der Waals surface area contributed by atoms with Crippen LogP contribution >= 0.6 is 0 Å². The number of hydrogen-bond donors (Lipinski definition) is 2. The number of nitrogen functional groups attached to an aromatic ring is 1. The minimum atomic E-state index is -0.916. The van der Waals surface area contributed by atoms with Crippen LogP contribution in [0.1, 0.15) is 19.2 Å². The first kappa shape index (κ1) is 16.4. The number of nitrogens with one attached hydrogen (secondary N) is 1. The smallest absolute Gasteiger partial charge is 0.366 e. The van der Waals surface area contributed by atoms with E-state index in [0.29, 0.717) is 11.9 Å². The van der Waals surface area contributed by atoms with Crippen LogP contribution in [0.3, 0.4) is 0 Å². The molecule has 0 bridgehead atoms. The normalized spacial score (nSPS) is 11.5. The molecule has 0 spiro atoms. The molecule has 122 valence electrons. The molecule has 2 aromatic rings.